The molecule has 1 atom stereocenters. The monoisotopic (exact) mass is 294 g/mol. The van der Waals surface area contributed by atoms with Gasteiger partial charge >= 0.3 is 0 Å². The van der Waals surface area contributed by atoms with Crippen LogP contribution in [-0.4, -0.2) is 29.2 Å². The second-order valence-electron chi connectivity index (χ2n) is 6.04. The highest BCUT2D eigenvalue weighted by Gasteiger charge is 2.28. The third kappa shape index (κ3) is 5.17. The molecule has 1 fully saturated rings. The maximum absolute atomic E-state index is 12.0. The van der Waals surface area contributed by atoms with E-state index in [9.17, 15) is 9.90 Å². The molecule has 21 heavy (non-hydrogen) atoms. The Labute approximate surface area is 126 Å². The van der Waals surface area contributed by atoms with E-state index in [1.54, 1.807) is 12.3 Å². The lowest BCUT2D eigenvalue weighted by Gasteiger charge is -2.28. The van der Waals surface area contributed by atoms with E-state index >= 15 is 0 Å². The zero-order valence-electron chi connectivity index (χ0n) is 12.7. The smallest absolute Gasteiger partial charge is 0.237 e. The second-order valence-corrected chi connectivity index (χ2v) is 6.04. The SMILES string of the molecule is CC(NCC1(O)CCCCCC1)C(=O)NCc1ccco1. The Balaban J connectivity index is 1.72. The summed E-state index contributed by atoms with van der Waals surface area (Å²) in [6.45, 7) is 2.68. The first-order valence-corrected chi connectivity index (χ1v) is 7.85. The van der Waals surface area contributed by atoms with Gasteiger partial charge in [-0.3, -0.25) is 4.79 Å². The van der Waals surface area contributed by atoms with Gasteiger partial charge in [0.1, 0.15) is 5.76 Å². The summed E-state index contributed by atoms with van der Waals surface area (Å²) < 4.78 is 5.17. The maximum atomic E-state index is 12.0. The normalized spacial score (nSPS) is 19.7. The number of nitrogens with one attached hydrogen (secondary N) is 2. The van der Waals surface area contributed by atoms with Crippen LogP contribution in [0.5, 0.6) is 0 Å². The van der Waals surface area contributed by atoms with E-state index < -0.39 is 5.60 Å². The highest BCUT2D eigenvalue weighted by atomic mass is 16.3. The molecule has 1 aliphatic carbocycles. The second kappa shape index (κ2) is 7.61. The molecule has 0 aromatic carbocycles. The first-order valence-electron chi connectivity index (χ1n) is 7.85. The zero-order chi connectivity index (χ0) is 15.1. The van der Waals surface area contributed by atoms with E-state index in [1.165, 1.54) is 12.8 Å². The van der Waals surface area contributed by atoms with Crippen molar-refractivity contribution in [3.05, 3.63) is 24.2 Å². The molecule has 118 valence electrons. The van der Waals surface area contributed by atoms with Gasteiger partial charge in [0.25, 0.3) is 0 Å². The molecule has 0 aliphatic heterocycles. The molecule has 0 spiro atoms. The molecule has 1 aliphatic rings. The summed E-state index contributed by atoms with van der Waals surface area (Å²) in [5, 5.41) is 16.5. The fourth-order valence-corrected chi connectivity index (χ4v) is 2.74. The Hall–Kier alpha value is -1.33. The minimum absolute atomic E-state index is 0.0800. The number of rotatable bonds is 6. The number of carbonyl (C=O) groups is 1. The minimum Gasteiger partial charge on any atom is -0.467 e. The Morgan fingerprint density at radius 2 is 2.10 bits per heavy atom. The molecule has 5 nitrogen and oxygen atoms in total. The number of furan rings is 1. The first kappa shape index (κ1) is 16.0. The summed E-state index contributed by atoms with van der Waals surface area (Å²) in [5.74, 6) is 0.654. The van der Waals surface area contributed by atoms with Crippen molar-refractivity contribution in [3.8, 4) is 0 Å². The summed E-state index contributed by atoms with van der Waals surface area (Å²) >= 11 is 0. The van der Waals surface area contributed by atoms with E-state index in [-0.39, 0.29) is 11.9 Å². The van der Waals surface area contributed by atoms with Crippen molar-refractivity contribution in [2.24, 2.45) is 0 Å². The molecule has 2 rings (SSSR count). The highest BCUT2D eigenvalue weighted by molar-refractivity contribution is 5.81. The van der Waals surface area contributed by atoms with Crippen LogP contribution in [0.2, 0.25) is 0 Å². The molecule has 5 heteroatoms. The minimum atomic E-state index is -0.661. The van der Waals surface area contributed by atoms with Crippen molar-refractivity contribution >= 4 is 5.91 Å². The Morgan fingerprint density at radius 1 is 1.38 bits per heavy atom. The van der Waals surface area contributed by atoms with Crippen molar-refractivity contribution in [2.45, 2.75) is 63.6 Å². The lowest BCUT2D eigenvalue weighted by Crippen LogP contribution is -2.48. The van der Waals surface area contributed by atoms with E-state index in [0.717, 1.165) is 31.4 Å². The molecule has 0 radical (unpaired) electrons. The number of amides is 1. The van der Waals surface area contributed by atoms with Crippen LogP contribution >= 0.6 is 0 Å². The molecule has 1 amide bonds. The number of hydrogen-bond acceptors (Lipinski definition) is 4. The van der Waals surface area contributed by atoms with E-state index in [2.05, 4.69) is 10.6 Å². The van der Waals surface area contributed by atoms with Crippen molar-refractivity contribution in [2.75, 3.05) is 6.54 Å². The van der Waals surface area contributed by atoms with Gasteiger partial charge in [0.05, 0.1) is 24.5 Å². The van der Waals surface area contributed by atoms with Gasteiger partial charge in [-0.2, -0.15) is 0 Å². The van der Waals surface area contributed by atoms with Gasteiger partial charge in [0.15, 0.2) is 0 Å². The summed E-state index contributed by atoms with van der Waals surface area (Å²) in [6.07, 6.45) is 7.75. The van der Waals surface area contributed by atoms with E-state index in [0.29, 0.717) is 13.1 Å². The molecule has 1 unspecified atom stereocenters. The topological polar surface area (TPSA) is 74.5 Å². The Bertz CT molecular complexity index is 423. The fourth-order valence-electron chi connectivity index (χ4n) is 2.74. The van der Waals surface area contributed by atoms with Gasteiger partial charge < -0.3 is 20.2 Å². The molecular weight excluding hydrogens is 268 g/mol. The largest absolute Gasteiger partial charge is 0.467 e. The quantitative estimate of drug-likeness (QED) is 0.701. The summed E-state index contributed by atoms with van der Waals surface area (Å²) in [4.78, 5) is 12.0. The van der Waals surface area contributed by atoms with Crippen LogP contribution in [0.4, 0.5) is 0 Å². The van der Waals surface area contributed by atoms with Crippen LogP contribution in [0, 0.1) is 0 Å². The van der Waals surface area contributed by atoms with Crippen LogP contribution < -0.4 is 10.6 Å². The number of aliphatic hydroxyl groups is 1. The van der Waals surface area contributed by atoms with Crippen molar-refractivity contribution in [1.29, 1.82) is 0 Å². The highest BCUT2D eigenvalue weighted by Crippen LogP contribution is 2.26. The molecule has 1 heterocycles. The summed E-state index contributed by atoms with van der Waals surface area (Å²) in [5.41, 5.74) is -0.661. The predicted molar refractivity (Wildman–Crippen MR) is 80.7 cm³/mol. The summed E-state index contributed by atoms with van der Waals surface area (Å²) in [6, 6.07) is 3.30. The summed E-state index contributed by atoms with van der Waals surface area (Å²) in [7, 11) is 0. The van der Waals surface area contributed by atoms with E-state index in [4.69, 9.17) is 4.42 Å². The van der Waals surface area contributed by atoms with Gasteiger partial charge in [-0.25, -0.2) is 0 Å². The third-order valence-corrected chi connectivity index (χ3v) is 4.18. The van der Waals surface area contributed by atoms with E-state index in [1.807, 2.05) is 13.0 Å². The molecule has 3 N–H and O–H groups in total. The van der Waals surface area contributed by atoms with Crippen molar-refractivity contribution < 1.29 is 14.3 Å². The van der Waals surface area contributed by atoms with Gasteiger partial charge in [0.2, 0.25) is 5.91 Å². The van der Waals surface area contributed by atoms with Crippen LogP contribution in [0.3, 0.4) is 0 Å². The molecule has 0 saturated heterocycles. The van der Waals surface area contributed by atoms with Gasteiger partial charge in [-0.15, -0.1) is 0 Å². The van der Waals surface area contributed by atoms with Gasteiger partial charge in [0, 0.05) is 6.54 Å². The number of carbonyl (C=O) groups excluding carboxylic acids is 1. The molecule has 1 aromatic heterocycles. The molecule has 0 bridgehead atoms. The zero-order valence-corrected chi connectivity index (χ0v) is 12.7. The van der Waals surface area contributed by atoms with Crippen molar-refractivity contribution in [3.63, 3.8) is 0 Å². The Kier molecular flexibility index (Phi) is 5.82. The van der Waals surface area contributed by atoms with Crippen LogP contribution in [0.1, 0.15) is 51.2 Å². The van der Waals surface area contributed by atoms with Crippen LogP contribution in [0.15, 0.2) is 22.8 Å². The third-order valence-electron chi connectivity index (χ3n) is 4.18. The van der Waals surface area contributed by atoms with Crippen LogP contribution in [-0.2, 0) is 11.3 Å². The first-order chi connectivity index (χ1) is 10.1. The van der Waals surface area contributed by atoms with Crippen molar-refractivity contribution in [1.82, 2.24) is 10.6 Å². The molecular formula is C16H26N2O3. The van der Waals surface area contributed by atoms with Gasteiger partial charge in [-0.1, -0.05) is 25.7 Å². The molecule has 1 saturated carbocycles. The average molecular weight is 294 g/mol. The Morgan fingerprint density at radius 3 is 2.71 bits per heavy atom. The van der Waals surface area contributed by atoms with Gasteiger partial charge in [-0.05, 0) is 31.9 Å². The number of hydrogen-bond donors (Lipinski definition) is 3. The maximum Gasteiger partial charge on any atom is 0.237 e. The standard InChI is InChI=1S/C16H26N2O3/c1-13(15(19)17-11-14-7-6-10-21-14)18-12-16(20)8-4-2-3-5-9-16/h6-7,10,13,18,20H,2-5,8-9,11-12H2,1H3,(H,17,19). The average Bonchev–Trinajstić information content (AvgIpc) is 2.90. The predicted octanol–water partition coefficient (Wildman–Crippen LogP) is 1.96. The molecule has 1 aromatic rings. The lowest BCUT2D eigenvalue weighted by molar-refractivity contribution is -0.123. The fraction of sp³-hybridized carbons (Fsp3) is 0.688. The lowest BCUT2D eigenvalue weighted by atomic mass is 9.94. The van der Waals surface area contributed by atoms with Crippen LogP contribution in [0.25, 0.3) is 0 Å².